The third-order valence-corrected chi connectivity index (χ3v) is 1.46. The molecule has 3 nitrogen and oxygen atoms in total. The standard InChI is InChI=1S/C8H9F2NO2/c1-6-2-3-7(4-11(6)12)13-5-8(9)10/h2-4,8H,5H2,1H3. The minimum Gasteiger partial charge on any atom is -0.618 e. The fourth-order valence-corrected chi connectivity index (χ4v) is 0.781. The minimum absolute atomic E-state index is 0.154. The van der Waals surface area contributed by atoms with Gasteiger partial charge in [-0.3, -0.25) is 0 Å². The van der Waals surface area contributed by atoms with E-state index in [9.17, 15) is 14.0 Å². The van der Waals surface area contributed by atoms with Gasteiger partial charge < -0.3 is 9.94 Å². The summed E-state index contributed by atoms with van der Waals surface area (Å²) >= 11 is 0. The Morgan fingerprint density at radius 1 is 1.54 bits per heavy atom. The number of nitrogens with zero attached hydrogens (tertiary/aromatic N) is 1. The molecule has 1 aromatic rings. The van der Waals surface area contributed by atoms with Gasteiger partial charge in [0, 0.05) is 13.0 Å². The van der Waals surface area contributed by atoms with Crippen LogP contribution >= 0.6 is 0 Å². The first-order chi connectivity index (χ1) is 6.09. The monoisotopic (exact) mass is 189 g/mol. The van der Waals surface area contributed by atoms with Crippen LogP contribution in [0, 0.1) is 12.1 Å². The molecule has 0 atom stereocenters. The van der Waals surface area contributed by atoms with E-state index in [2.05, 4.69) is 4.74 Å². The molecule has 0 aliphatic rings. The van der Waals surface area contributed by atoms with E-state index in [4.69, 9.17) is 0 Å². The number of hydrogen-bond acceptors (Lipinski definition) is 2. The van der Waals surface area contributed by atoms with Crippen LogP contribution in [0.25, 0.3) is 0 Å². The SMILES string of the molecule is Cc1ccc(OCC(F)F)c[n+]1[O-]. The summed E-state index contributed by atoms with van der Waals surface area (Å²) in [6, 6.07) is 2.99. The van der Waals surface area contributed by atoms with Crippen molar-refractivity contribution in [3.8, 4) is 5.75 Å². The van der Waals surface area contributed by atoms with Gasteiger partial charge in [-0.1, -0.05) is 0 Å². The van der Waals surface area contributed by atoms with Crippen molar-refractivity contribution in [2.45, 2.75) is 13.3 Å². The molecule has 0 amide bonds. The molecule has 0 saturated carbocycles. The number of aromatic nitrogens is 1. The van der Waals surface area contributed by atoms with E-state index in [0.29, 0.717) is 10.4 Å². The number of pyridine rings is 1. The molecule has 0 aliphatic carbocycles. The Morgan fingerprint density at radius 2 is 2.23 bits per heavy atom. The smallest absolute Gasteiger partial charge is 0.272 e. The van der Waals surface area contributed by atoms with Gasteiger partial charge in [-0.25, -0.2) is 8.78 Å². The maximum Gasteiger partial charge on any atom is 0.272 e. The number of hydrogen-bond donors (Lipinski definition) is 0. The van der Waals surface area contributed by atoms with Crippen molar-refractivity contribution in [1.29, 1.82) is 0 Å². The van der Waals surface area contributed by atoms with Crippen LogP contribution in [0.15, 0.2) is 18.3 Å². The number of aryl methyl sites for hydroxylation is 1. The van der Waals surface area contributed by atoms with Gasteiger partial charge in [0.15, 0.2) is 11.4 Å². The zero-order chi connectivity index (χ0) is 9.84. The van der Waals surface area contributed by atoms with Crippen LogP contribution in [0.3, 0.4) is 0 Å². The Balaban J connectivity index is 2.63. The highest BCUT2D eigenvalue weighted by Crippen LogP contribution is 2.08. The van der Waals surface area contributed by atoms with Gasteiger partial charge in [-0.15, -0.1) is 0 Å². The van der Waals surface area contributed by atoms with Crippen LogP contribution in [-0.4, -0.2) is 13.0 Å². The van der Waals surface area contributed by atoms with E-state index in [-0.39, 0.29) is 5.75 Å². The molecule has 0 spiro atoms. The second kappa shape index (κ2) is 4.02. The molecule has 1 rings (SSSR count). The molecular formula is C8H9F2NO2. The van der Waals surface area contributed by atoms with Gasteiger partial charge in [0.1, 0.15) is 6.61 Å². The lowest BCUT2D eigenvalue weighted by molar-refractivity contribution is -0.612. The molecule has 72 valence electrons. The van der Waals surface area contributed by atoms with E-state index in [1.807, 2.05) is 0 Å². The van der Waals surface area contributed by atoms with Crippen LogP contribution in [0.1, 0.15) is 5.69 Å². The number of alkyl halides is 2. The van der Waals surface area contributed by atoms with Gasteiger partial charge in [0.05, 0.1) is 0 Å². The second-order valence-corrected chi connectivity index (χ2v) is 2.53. The average Bonchev–Trinajstić information content (AvgIpc) is 2.07. The van der Waals surface area contributed by atoms with Crippen molar-refractivity contribution in [2.75, 3.05) is 6.61 Å². The highest BCUT2D eigenvalue weighted by atomic mass is 19.3. The lowest BCUT2D eigenvalue weighted by Gasteiger charge is -2.05. The molecule has 1 heterocycles. The minimum atomic E-state index is -2.53. The maximum atomic E-state index is 11.7. The summed E-state index contributed by atoms with van der Waals surface area (Å²) in [6.07, 6.45) is -1.40. The molecule has 0 aliphatic heterocycles. The first-order valence-corrected chi connectivity index (χ1v) is 3.70. The van der Waals surface area contributed by atoms with Gasteiger partial charge in [0.25, 0.3) is 6.43 Å². The summed E-state index contributed by atoms with van der Waals surface area (Å²) in [4.78, 5) is 0. The molecule has 13 heavy (non-hydrogen) atoms. The van der Waals surface area contributed by atoms with E-state index < -0.39 is 13.0 Å². The van der Waals surface area contributed by atoms with Crippen molar-refractivity contribution in [1.82, 2.24) is 0 Å². The van der Waals surface area contributed by atoms with Crippen molar-refractivity contribution >= 4 is 0 Å². The van der Waals surface area contributed by atoms with E-state index in [0.717, 1.165) is 6.20 Å². The highest BCUT2D eigenvalue weighted by Gasteiger charge is 2.06. The number of halogens is 2. The van der Waals surface area contributed by atoms with Gasteiger partial charge in [-0.05, 0) is 6.07 Å². The predicted octanol–water partition coefficient (Wildman–Crippen LogP) is 1.27. The van der Waals surface area contributed by atoms with Crippen LogP contribution in [0.4, 0.5) is 8.78 Å². The molecule has 0 unspecified atom stereocenters. The normalized spacial score (nSPS) is 10.5. The third-order valence-electron chi connectivity index (χ3n) is 1.46. The molecular weight excluding hydrogens is 180 g/mol. The van der Waals surface area contributed by atoms with Gasteiger partial charge in [0.2, 0.25) is 6.20 Å². The predicted molar refractivity (Wildman–Crippen MR) is 41.6 cm³/mol. The fraction of sp³-hybridized carbons (Fsp3) is 0.375. The van der Waals surface area contributed by atoms with Crippen LogP contribution in [-0.2, 0) is 0 Å². The Kier molecular flexibility index (Phi) is 3.00. The molecule has 0 radical (unpaired) electrons. The topological polar surface area (TPSA) is 36.2 Å². The third kappa shape index (κ3) is 2.85. The lowest BCUT2D eigenvalue weighted by atomic mass is 10.4. The first kappa shape index (κ1) is 9.70. The highest BCUT2D eigenvalue weighted by molar-refractivity contribution is 5.15. The quantitative estimate of drug-likeness (QED) is 0.530. The summed E-state index contributed by atoms with van der Waals surface area (Å²) in [5.74, 6) is 0.154. The molecule has 0 aromatic carbocycles. The van der Waals surface area contributed by atoms with Crippen molar-refractivity contribution in [3.05, 3.63) is 29.2 Å². The summed E-state index contributed by atoms with van der Waals surface area (Å²) in [5.41, 5.74) is 0.490. The summed E-state index contributed by atoms with van der Waals surface area (Å²) in [6.45, 7) is 0.924. The maximum absolute atomic E-state index is 11.7. The Morgan fingerprint density at radius 3 is 2.77 bits per heavy atom. The van der Waals surface area contributed by atoms with Gasteiger partial charge >= 0.3 is 0 Å². The molecule has 0 saturated heterocycles. The van der Waals surface area contributed by atoms with E-state index >= 15 is 0 Å². The number of ether oxygens (including phenoxy) is 1. The summed E-state index contributed by atoms with van der Waals surface area (Å²) in [5, 5.41) is 10.9. The van der Waals surface area contributed by atoms with Crippen molar-refractivity contribution in [3.63, 3.8) is 0 Å². The van der Waals surface area contributed by atoms with Crippen LogP contribution < -0.4 is 9.47 Å². The molecule has 0 bridgehead atoms. The second-order valence-electron chi connectivity index (χ2n) is 2.53. The largest absolute Gasteiger partial charge is 0.618 e. The average molecular weight is 189 g/mol. The molecule has 0 fully saturated rings. The van der Waals surface area contributed by atoms with Crippen LogP contribution in [0.5, 0.6) is 5.75 Å². The zero-order valence-electron chi connectivity index (χ0n) is 7.04. The number of rotatable bonds is 3. The zero-order valence-corrected chi connectivity index (χ0v) is 7.04. The Bertz CT molecular complexity index is 291. The molecule has 0 N–H and O–H groups in total. The van der Waals surface area contributed by atoms with Crippen LogP contribution in [0.2, 0.25) is 0 Å². The first-order valence-electron chi connectivity index (χ1n) is 3.70. The fourth-order valence-electron chi connectivity index (χ4n) is 0.781. The van der Waals surface area contributed by atoms with E-state index in [1.165, 1.54) is 12.1 Å². The van der Waals surface area contributed by atoms with Crippen molar-refractivity contribution in [2.24, 2.45) is 0 Å². The summed E-state index contributed by atoms with van der Waals surface area (Å²) in [7, 11) is 0. The Hall–Kier alpha value is -1.39. The lowest BCUT2D eigenvalue weighted by Crippen LogP contribution is -2.29. The van der Waals surface area contributed by atoms with E-state index in [1.54, 1.807) is 6.92 Å². The van der Waals surface area contributed by atoms with Crippen molar-refractivity contribution < 1.29 is 18.2 Å². The summed E-state index contributed by atoms with van der Waals surface area (Å²) < 4.78 is 28.6. The molecule has 1 aromatic heterocycles. The molecule has 5 heteroatoms. The van der Waals surface area contributed by atoms with Gasteiger partial charge in [-0.2, -0.15) is 4.73 Å². The Labute approximate surface area is 74.1 Å².